The molecule has 2 heterocycles. The van der Waals surface area contributed by atoms with Crippen molar-refractivity contribution in [2.45, 2.75) is 57.1 Å². The Labute approximate surface area is 248 Å². The van der Waals surface area contributed by atoms with Gasteiger partial charge in [0, 0.05) is 25.5 Å². The highest BCUT2D eigenvalue weighted by Gasteiger charge is 2.38. The number of hydrogen-bond acceptors (Lipinski definition) is 10. The summed E-state index contributed by atoms with van der Waals surface area (Å²) in [4.78, 5) is 33.7. The van der Waals surface area contributed by atoms with E-state index in [4.69, 9.17) is 14.6 Å². The highest BCUT2D eigenvalue weighted by Crippen LogP contribution is 2.37. The Bertz CT molecular complexity index is 1410. The van der Waals surface area contributed by atoms with Crippen LogP contribution < -0.4 is 15.4 Å². The number of rotatable bonds is 9. The Morgan fingerprint density at radius 3 is 2.40 bits per heavy atom. The maximum absolute atomic E-state index is 14.1. The summed E-state index contributed by atoms with van der Waals surface area (Å²) in [5, 5.41) is 34.0. The van der Waals surface area contributed by atoms with Gasteiger partial charge in [-0.2, -0.15) is 13.2 Å². The summed E-state index contributed by atoms with van der Waals surface area (Å²) in [7, 11) is 3.98. The number of anilines is 2. The summed E-state index contributed by atoms with van der Waals surface area (Å²) >= 11 is 1.30. The molecule has 0 saturated heterocycles. The fraction of sp³-hybridized carbons (Fsp3) is 0.481. The molecule has 2 unspecified atom stereocenters. The van der Waals surface area contributed by atoms with Gasteiger partial charge in [0.05, 0.1) is 28.2 Å². The molecule has 4 rings (SSSR count). The van der Waals surface area contributed by atoms with Gasteiger partial charge in [-0.3, -0.25) is 4.79 Å². The minimum atomic E-state index is -5.08. The number of thiophene rings is 1. The van der Waals surface area contributed by atoms with Gasteiger partial charge in [-0.05, 0) is 58.1 Å². The Balaban J connectivity index is 0.000000646. The van der Waals surface area contributed by atoms with Crippen LogP contribution in [0.2, 0.25) is 0 Å². The fourth-order valence-corrected chi connectivity index (χ4v) is 5.44. The summed E-state index contributed by atoms with van der Waals surface area (Å²) in [6.45, 7) is 3.31. The number of fused-ring (bicyclic) bond motifs is 1. The van der Waals surface area contributed by atoms with Crippen molar-refractivity contribution in [3.05, 3.63) is 40.8 Å². The average molecular weight is 632 g/mol. The number of carboxylic acids is 1. The molecule has 236 valence electrons. The lowest BCUT2D eigenvalue weighted by Gasteiger charge is -2.30. The molecule has 1 fully saturated rings. The molecule has 1 saturated carbocycles. The first-order valence-electron chi connectivity index (χ1n) is 13.2. The van der Waals surface area contributed by atoms with E-state index in [2.05, 4.69) is 25.5 Å². The van der Waals surface area contributed by atoms with Crippen LogP contribution in [0.15, 0.2) is 24.5 Å². The number of aliphatic hydroxyl groups excluding tert-OH is 2. The number of aliphatic hydroxyl groups is 2. The maximum atomic E-state index is 14.1. The molecule has 11 nitrogen and oxygen atoms in total. The molecule has 1 aliphatic rings. The molecule has 1 aliphatic carbocycles. The summed E-state index contributed by atoms with van der Waals surface area (Å²) in [5.74, 6) is -2.66. The number of hydrogen-bond donors (Lipinski definition) is 5. The first-order chi connectivity index (χ1) is 20.1. The van der Waals surface area contributed by atoms with Gasteiger partial charge in [0.1, 0.15) is 34.6 Å². The molecule has 0 aliphatic heterocycles. The van der Waals surface area contributed by atoms with E-state index in [0.29, 0.717) is 52.4 Å². The predicted octanol–water partition coefficient (Wildman–Crippen LogP) is 3.85. The van der Waals surface area contributed by atoms with Crippen LogP contribution in [0, 0.1) is 12.7 Å². The third-order valence-corrected chi connectivity index (χ3v) is 7.55. The first-order valence-corrected chi connectivity index (χ1v) is 14.0. The standard InChI is InChI=1S/C25H32FN5O4S.C2HF3O2/c1-14-21-23(28-13-29-25(21)36-22(14)24(34)27-7-4-8-31(2)3)30-19-6-5-15(26)9-20(19)35-18-11-16(32)10-17(33)12-18;3-2(4,5)1(6)7/h5-6,9,13,16-18,32-33H,4,7-8,10-12H2,1-3H3,(H,27,34)(H,28,29,30);(H,6,7). The molecular formula is C27H33F4N5O6S. The SMILES string of the molecule is Cc1c(C(=O)NCCCN(C)C)sc2ncnc(Nc3ccc(F)cc3OC3CC(O)CC(O)C3)c12.O=C(O)C(F)(F)F. The number of alkyl halides is 3. The second-order valence-corrected chi connectivity index (χ2v) is 11.2. The number of ether oxygens (including phenoxy) is 1. The van der Waals surface area contributed by atoms with E-state index < -0.39 is 36.3 Å². The van der Waals surface area contributed by atoms with Gasteiger partial charge in [-0.15, -0.1) is 11.3 Å². The van der Waals surface area contributed by atoms with Gasteiger partial charge >= 0.3 is 12.1 Å². The van der Waals surface area contributed by atoms with Gasteiger partial charge in [0.2, 0.25) is 0 Å². The minimum absolute atomic E-state index is 0.152. The van der Waals surface area contributed by atoms with Crippen molar-refractivity contribution in [3.8, 4) is 5.75 Å². The van der Waals surface area contributed by atoms with E-state index in [9.17, 15) is 32.6 Å². The first kappa shape index (κ1) is 33.9. The number of halogens is 4. The highest BCUT2D eigenvalue weighted by molar-refractivity contribution is 7.20. The molecule has 5 N–H and O–H groups in total. The normalized spacial score (nSPS) is 18.6. The molecule has 3 aromatic rings. The molecule has 0 spiro atoms. The Hall–Kier alpha value is -3.60. The molecule has 2 atom stereocenters. The summed E-state index contributed by atoms with van der Waals surface area (Å²) < 4.78 is 51.8. The number of nitrogens with one attached hydrogen (secondary N) is 2. The molecule has 16 heteroatoms. The number of nitrogens with zero attached hydrogens (tertiary/aromatic N) is 3. The largest absolute Gasteiger partial charge is 0.490 e. The van der Waals surface area contributed by atoms with E-state index >= 15 is 0 Å². The maximum Gasteiger partial charge on any atom is 0.490 e. The van der Waals surface area contributed by atoms with Crippen LogP contribution in [-0.2, 0) is 4.79 Å². The number of carbonyl (C=O) groups excluding carboxylic acids is 1. The number of aromatic nitrogens is 2. The monoisotopic (exact) mass is 631 g/mol. The lowest BCUT2D eigenvalue weighted by molar-refractivity contribution is -0.192. The summed E-state index contributed by atoms with van der Waals surface area (Å²) in [6, 6.07) is 4.13. The molecule has 1 amide bonds. The molecule has 0 radical (unpaired) electrons. The van der Waals surface area contributed by atoms with Gasteiger partial charge in [-0.25, -0.2) is 19.2 Å². The van der Waals surface area contributed by atoms with Crippen LogP contribution >= 0.6 is 11.3 Å². The van der Waals surface area contributed by atoms with Crippen LogP contribution in [0.3, 0.4) is 0 Å². The van der Waals surface area contributed by atoms with Crippen molar-refractivity contribution in [1.29, 1.82) is 0 Å². The Morgan fingerprint density at radius 2 is 1.79 bits per heavy atom. The lowest BCUT2D eigenvalue weighted by Crippen LogP contribution is -2.36. The van der Waals surface area contributed by atoms with E-state index in [1.807, 2.05) is 21.0 Å². The summed E-state index contributed by atoms with van der Waals surface area (Å²) in [5.41, 5.74) is 1.23. The van der Waals surface area contributed by atoms with Gasteiger partial charge < -0.3 is 35.6 Å². The van der Waals surface area contributed by atoms with Crippen LogP contribution in [0.1, 0.15) is 40.9 Å². The number of carboxylic acid groups (broad SMARTS) is 1. The number of aryl methyl sites for hydroxylation is 1. The third kappa shape index (κ3) is 9.71. The quantitative estimate of drug-likeness (QED) is 0.174. The Morgan fingerprint density at radius 1 is 1.14 bits per heavy atom. The average Bonchev–Trinajstić information content (AvgIpc) is 3.24. The number of aliphatic carboxylic acids is 1. The van der Waals surface area contributed by atoms with Crippen LogP contribution in [-0.4, -0.2) is 93.7 Å². The number of carbonyl (C=O) groups is 2. The van der Waals surface area contributed by atoms with E-state index in [1.54, 1.807) is 6.07 Å². The van der Waals surface area contributed by atoms with Crippen molar-refractivity contribution in [2.75, 3.05) is 32.5 Å². The van der Waals surface area contributed by atoms with E-state index in [0.717, 1.165) is 18.5 Å². The van der Waals surface area contributed by atoms with Crippen molar-refractivity contribution in [1.82, 2.24) is 20.2 Å². The zero-order chi connectivity index (χ0) is 31.9. The van der Waals surface area contributed by atoms with Gasteiger partial charge in [-0.1, -0.05) is 0 Å². The van der Waals surface area contributed by atoms with E-state index in [-0.39, 0.29) is 11.7 Å². The number of amides is 1. The lowest BCUT2D eigenvalue weighted by atomic mass is 9.92. The van der Waals surface area contributed by atoms with Crippen molar-refractivity contribution in [2.24, 2.45) is 0 Å². The minimum Gasteiger partial charge on any atom is -0.488 e. The molecule has 1 aromatic carbocycles. The zero-order valence-electron chi connectivity index (χ0n) is 23.6. The molecule has 43 heavy (non-hydrogen) atoms. The molecule has 2 aromatic heterocycles. The third-order valence-electron chi connectivity index (χ3n) is 6.35. The fourth-order valence-electron chi connectivity index (χ4n) is 4.37. The van der Waals surface area contributed by atoms with Crippen LogP contribution in [0.5, 0.6) is 5.75 Å². The van der Waals surface area contributed by atoms with Gasteiger partial charge in [0.15, 0.2) is 0 Å². The number of benzene rings is 1. The highest BCUT2D eigenvalue weighted by atomic mass is 32.1. The van der Waals surface area contributed by atoms with Gasteiger partial charge in [0.25, 0.3) is 5.91 Å². The second kappa shape index (κ2) is 14.7. The van der Waals surface area contributed by atoms with Crippen LogP contribution in [0.4, 0.5) is 29.1 Å². The molecular weight excluding hydrogens is 598 g/mol. The smallest absolute Gasteiger partial charge is 0.488 e. The van der Waals surface area contributed by atoms with Crippen molar-refractivity contribution in [3.63, 3.8) is 0 Å². The zero-order valence-corrected chi connectivity index (χ0v) is 24.4. The summed E-state index contributed by atoms with van der Waals surface area (Å²) in [6.07, 6.45) is -3.63. The van der Waals surface area contributed by atoms with Crippen molar-refractivity contribution >= 4 is 44.9 Å². The topological polar surface area (TPSA) is 157 Å². The Kier molecular flexibility index (Phi) is 11.6. The van der Waals surface area contributed by atoms with Crippen molar-refractivity contribution < 1.29 is 47.2 Å². The second-order valence-electron chi connectivity index (χ2n) is 10.2. The van der Waals surface area contributed by atoms with Crippen LogP contribution in [0.25, 0.3) is 10.2 Å². The predicted molar refractivity (Wildman–Crippen MR) is 151 cm³/mol. The van der Waals surface area contributed by atoms with E-state index in [1.165, 1.54) is 29.8 Å². The molecule has 0 bridgehead atoms.